The Morgan fingerprint density at radius 2 is 1.93 bits per heavy atom. The van der Waals surface area contributed by atoms with Gasteiger partial charge >= 0.3 is 0 Å². The smallest absolute Gasteiger partial charge is 0.129 e. The number of piperidine rings is 1. The lowest BCUT2D eigenvalue weighted by Crippen LogP contribution is -2.51. The van der Waals surface area contributed by atoms with Crippen LogP contribution in [0.2, 0.25) is 0 Å². The van der Waals surface area contributed by atoms with Gasteiger partial charge in [0.2, 0.25) is 0 Å². The zero-order valence-corrected chi connectivity index (χ0v) is 17.6. The van der Waals surface area contributed by atoms with Crippen LogP contribution in [0, 0.1) is 0 Å². The van der Waals surface area contributed by atoms with E-state index in [4.69, 9.17) is 9.47 Å². The normalized spacial score (nSPS) is 22.4. The molecule has 0 aliphatic carbocycles. The fourth-order valence-electron chi connectivity index (χ4n) is 4.23. The molecule has 4 rings (SSSR count). The number of halogens is 1. The van der Waals surface area contributed by atoms with Gasteiger partial charge in [-0.05, 0) is 42.7 Å². The molecule has 0 aromatic heterocycles. The molecule has 2 aromatic rings. The first-order valence-electron chi connectivity index (χ1n) is 9.69. The highest BCUT2D eigenvalue weighted by Crippen LogP contribution is 2.45. The summed E-state index contributed by atoms with van der Waals surface area (Å²) in [5, 5.41) is 21.2. The summed E-state index contributed by atoms with van der Waals surface area (Å²) in [6, 6.07) is 13.4. The van der Waals surface area contributed by atoms with Crippen molar-refractivity contribution in [3.05, 3.63) is 58.1 Å². The third kappa shape index (κ3) is 4.06. The number of nitrogens with zero attached hydrogens (tertiary/aromatic N) is 1. The lowest BCUT2D eigenvalue weighted by atomic mass is 9.81. The molecule has 0 radical (unpaired) electrons. The molecule has 0 amide bonds. The molecule has 1 fully saturated rings. The Morgan fingerprint density at radius 3 is 2.61 bits per heavy atom. The number of aliphatic hydroxyl groups is 2. The minimum atomic E-state index is -0.519. The van der Waals surface area contributed by atoms with Crippen LogP contribution in [0.1, 0.15) is 42.6 Å². The Balaban J connectivity index is 1.40. The van der Waals surface area contributed by atoms with Crippen molar-refractivity contribution in [3.8, 4) is 11.5 Å². The Morgan fingerprint density at radius 1 is 1.21 bits per heavy atom. The number of aliphatic hydroxyl groups excluding tert-OH is 2. The molecule has 5 nitrogen and oxygen atoms in total. The molecule has 1 saturated heterocycles. The van der Waals surface area contributed by atoms with Gasteiger partial charge in [-0.2, -0.15) is 0 Å². The minimum Gasteiger partial charge on any atom is -0.497 e. The van der Waals surface area contributed by atoms with E-state index in [0.717, 1.165) is 53.0 Å². The highest BCUT2D eigenvalue weighted by atomic mass is 79.9. The van der Waals surface area contributed by atoms with Crippen molar-refractivity contribution < 1.29 is 19.7 Å². The summed E-state index contributed by atoms with van der Waals surface area (Å²) < 4.78 is 12.7. The van der Waals surface area contributed by atoms with E-state index in [1.807, 2.05) is 42.5 Å². The van der Waals surface area contributed by atoms with Crippen molar-refractivity contribution in [2.24, 2.45) is 0 Å². The van der Waals surface area contributed by atoms with E-state index in [-0.39, 0.29) is 5.60 Å². The van der Waals surface area contributed by atoms with Crippen LogP contribution in [0.5, 0.6) is 11.5 Å². The third-order valence-corrected chi connectivity index (χ3v) is 6.45. The third-order valence-electron chi connectivity index (χ3n) is 5.92. The molecule has 150 valence electrons. The van der Waals surface area contributed by atoms with Gasteiger partial charge in [0.25, 0.3) is 0 Å². The fraction of sp³-hybridized carbons (Fsp3) is 0.455. The van der Waals surface area contributed by atoms with Crippen molar-refractivity contribution >= 4 is 15.9 Å². The quantitative estimate of drug-likeness (QED) is 0.745. The molecule has 2 N–H and O–H groups in total. The van der Waals surface area contributed by atoms with Crippen LogP contribution in [0.3, 0.4) is 0 Å². The lowest BCUT2D eigenvalue weighted by molar-refractivity contribution is -0.0588. The SMILES string of the molecule is COc1ccc2c(c1)OC1(CCN(C[C@@H](O)c3ccc(Br)cc3)CC1)C[C@@H]2O. The zero-order valence-electron chi connectivity index (χ0n) is 16.0. The standard InChI is InChI=1S/C22H26BrNO4/c1-27-17-6-7-18-19(25)13-22(28-21(18)12-17)8-10-24(11-9-22)14-20(26)15-2-4-16(23)5-3-15/h2-7,12,19-20,25-26H,8-11,13-14H2,1H3/t19-,20+/m0/s1. The second-order valence-corrected chi connectivity index (χ2v) is 8.69. The molecule has 0 saturated carbocycles. The van der Waals surface area contributed by atoms with Crippen LogP contribution in [-0.2, 0) is 0 Å². The summed E-state index contributed by atoms with van der Waals surface area (Å²) >= 11 is 3.42. The Kier molecular flexibility index (Phi) is 5.65. The molecule has 6 heteroatoms. The van der Waals surface area contributed by atoms with Crippen LogP contribution >= 0.6 is 15.9 Å². The van der Waals surface area contributed by atoms with E-state index in [1.54, 1.807) is 7.11 Å². The minimum absolute atomic E-state index is 0.349. The fourth-order valence-corrected chi connectivity index (χ4v) is 4.49. The first-order valence-corrected chi connectivity index (χ1v) is 10.5. The number of fused-ring (bicyclic) bond motifs is 1. The maximum Gasteiger partial charge on any atom is 0.129 e. The molecule has 0 bridgehead atoms. The highest BCUT2D eigenvalue weighted by molar-refractivity contribution is 9.10. The van der Waals surface area contributed by atoms with E-state index >= 15 is 0 Å². The molecule has 2 heterocycles. The molecule has 2 aliphatic rings. The summed E-state index contributed by atoms with van der Waals surface area (Å²) in [5.74, 6) is 1.46. The maximum absolute atomic E-state index is 10.6. The van der Waals surface area contributed by atoms with Gasteiger partial charge in [0, 0.05) is 42.2 Å². The summed E-state index contributed by atoms with van der Waals surface area (Å²) in [6.07, 6.45) is 1.23. The number of likely N-dealkylation sites (tertiary alicyclic amines) is 1. The molecule has 0 unspecified atom stereocenters. The van der Waals surface area contributed by atoms with Crippen molar-refractivity contribution in [1.29, 1.82) is 0 Å². The average Bonchev–Trinajstić information content (AvgIpc) is 2.70. The topological polar surface area (TPSA) is 62.2 Å². The zero-order chi connectivity index (χ0) is 19.7. The summed E-state index contributed by atoms with van der Waals surface area (Å²) in [4.78, 5) is 2.27. The van der Waals surface area contributed by atoms with E-state index in [2.05, 4.69) is 20.8 Å². The monoisotopic (exact) mass is 447 g/mol. The predicted molar refractivity (Wildman–Crippen MR) is 111 cm³/mol. The van der Waals surface area contributed by atoms with Gasteiger partial charge in [0.1, 0.15) is 17.1 Å². The number of ether oxygens (including phenoxy) is 2. The van der Waals surface area contributed by atoms with Gasteiger partial charge in [-0.3, -0.25) is 0 Å². The van der Waals surface area contributed by atoms with Crippen molar-refractivity contribution in [3.63, 3.8) is 0 Å². The number of rotatable bonds is 4. The highest BCUT2D eigenvalue weighted by Gasteiger charge is 2.43. The van der Waals surface area contributed by atoms with Crippen molar-refractivity contribution in [1.82, 2.24) is 4.90 Å². The molecular weight excluding hydrogens is 422 g/mol. The van der Waals surface area contributed by atoms with Crippen molar-refractivity contribution in [2.75, 3.05) is 26.7 Å². The average molecular weight is 448 g/mol. The van der Waals surface area contributed by atoms with Gasteiger partial charge in [0.05, 0.1) is 19.3 Å². The molecule has 2 aromatic carbocycles. The first-order chi connectivity index (χ1) is 13.5. The van der Waals surface area contributed by atoms with Gasteiger partial charge in [0.15, 0.2) is 0 Å². The van der Waals surface area contributed by atoms with Crippen LogP contribution in [0.25, 0.3) is 0 Å². The predicted octanol–water partition coefficient (Wildman–Crippen LogP) is 3.84. The molecule has 1 spiro atoms. The lowest BCUT2D eigenvalue weighted by Gasteiger charge is -2.46. The van der Waals surface area contributed by atoms with Gasteiger partial charge in [-0.25, -0.2) is 0 Å². The Hall–Kier alpha value is -1.60. The Labute approximate surface area is 174 Å². The van der Waals surface area contributed by atoms with E-state index in [0.29, 0.717) is 13.0 Å². The van der Waals surface area contributed by atoms with Crippen LogP contribution < -0.4 is 9.47 Å². The molecular formula is C22H26BrNO4. The number of hydrogen-bond donors (Lipinski definition) is 2. The van der Waals surface area contributed by atoms with Gasteiger partial charge < -0.3 is 24.6 Å². The van der Waals surface area contributed by atoms with Gasteiger partial charge in [-0.15, -0.1) is 0 Å². The summed E-state index contributed by atoms with van der Waals surface area (Å²) in [6.45, 7) is 2.27. The van der Waals surface area contributed by atoms with E-state index in [9.17, 15) is 10.2 Å². The number of hydrogen-bond acceptors (Lipinski definition) is 5. The number of β-amino-alcohol motifs (C(OH)–C–C–N with tert-alkyl or cyclic N) is 1. The van der Waals surface area contributed by atoms with E-state index < -0.39 is 12.2 Å². The second kappa shape index (κ2) is 8.03. The Bertz CT molecular complexity index is 818. The largest absolute Gasteiger partial charge is 0.497 e. The maximum atomic E-state index is 10.6. The number of methoxy groups -OCH3 is 1. The van der Waals surface area contributed by atoms with Gasteiger partial charge in [-0.1, -0.05) is 28.1 Å². The van der Waals surface area contributed by atoms with Crippen LogP contribution in [-0.4, -0.2) is 47.5 Å². The summed E-state index contributed by atoms with van der Waals surface area (Å²) in [7, 11) is 1.63. The van der Waals surface area contributed by atoms with Crippen LogP contribution in [0.15, 0.2) is 46.9 Å². The molecule has 2 atom stereocenters. The van der Waals surface area contributed by atoms with Crippen LogP contribution in [0.4, 0.5) is 0 Å². The first kappa shape index (κ1) is 19.7. The summed E-state index contributed by atoms with van der Waals surface area (Å²) in [5.41, 5.74) is 1.41. The molecule has 28 heavy (non-hydrogen) atoms. The molecule has 2 aliphatic heterocycles. The van der Waals surface area contributed by atoms with E-state index in [1.165, 1.54) is 0 Å². The van der Waals surface area contributed by atoms with Crippen molar-refractivity contribution in [2.45, 2.75) is 37.1 Å². The second-order valence-electron chi connectivity index (χ2n) is 7.78. The number of benzene rings is 2.